The Morgan fingerprint density at radius 1 is 1.53 bits per heavy atom. The summed E-state index contributed by atoms with van der Waals surface area (Å²) in [6, 6.07) is 0. The van der Waals surface area contributed by atoms with E-state index in [-0.39, 0.29) is 18.3 Å². The van der Waals surface area contributed by atoms with Gasteiger partial charge < -0.3 is 14.9 Å². The third-order valence-corrected chi connectivity index (χ3v) is 2.88. The van der Waals surface area contributed by atoms with Crippen molar-refractivity contribution < 1.29 is 14.9 Å². The lowest BCUT2D eigenvalue weighted by molar-refractivity contribution is 0.243. The molecule has 15 heavy (non-hydrogen) atoms. The molecule has 0 radical (unpaired) electrons. The van der Waals surface area contributed by atoms with Gasteiger partial charge in [-0.25, -0.2) is 0 Å². The highest BCUT2D eigenvalue weighted by molar-refractivity contribution is 5.00. The Morgan fingerprint density at radius 3 is 2.87 bits per heavy atom. The summed E-state index contributed by atoms with van der Waals surface area (Å²) in [5.41, 5.74) is 0.0121. The first-order valence-electron chi connectivity index (χ1n) is 5.72. The van der Waals surface area contributed by atoms with E-state index in [2.05, 4.69) is 6.92 Å². The molecule has 3 atom stereocenters. The molecule has 2 N–H and O–H groups in total. The lowest BCUT2D eigenvalue weighted by Gasteiger charge is -2.03. The molecule has 1 fully saturated rings. The molecule has 1 heterocycles. The van der Waals surface area contributed by atoms with Crippen LogP contribution in [0.15, 0.2) is 12.2 Å². The monoisotopic (exact) mass is 214 g/mol. The number of rotatable bonds is 7. The van der Waals surface area contributed by atoms with Crippen LogP contribution in [0.4, 0.5) is 0 Å². The van der Waals surface area contributed by atoms with Gasteiger partial charge in [-0.1, -0.05) is 12.2 Å². The van der Waals surface area contributed by atoms with E-state index in [1.165, 1.54) is 0 Å². The summed E-state index contributed by atoms with van der Waals surface area (Å²) in [6.45, 7) is 4.11. The second-order valence-electron chi connectivity index (χ2n) is 4.49. The number of ether oxygens (including phenoxy) is 1. The average Bonchev–Trinajstić information content (AvgIpc) is 2.82. The molecule has 3 nitrogen and oxygen atoms in total. The molecule has 1 aliphatic heterocycles. The molecule has 0 aromatic carbocycles. The molecular weight excluding hydrogens is 192 g/mol. The van der Waals surface area contributed by atoms with Crippen LogP contribution in [-0.2, 0) is 4.74 Å². The van der Waals surface area contributed by atoms with E-state index in [9.17, 15) is 0 Å². The third kappa shape index (κ3) is 4.33. The smallest absolute Gasteiger partial charge is 0.0923 e. The van der Waals surface area contributed by atoms with Crippen molar-refractivity contribution in [3.05, 3.63) is 12.2 Å². The van der Waals surface area contributed by atoms with Gasteiger partial charge in [0.25, 0.3) is 0 Å². The van der Waals surface area contributed by atoms with Gasteiger partial charge in [-0.2, -0.15) is 0 Å². The normalized spacial score (nSPS) is 32.1. The Balaban J connectivity index is 2.12. The molecule has 0 aromatic heterocycles. The minimum absolute atomic E-state index is 0.0121. The van der Waals surface area contributed by atoms with Gasteiger partial charge in [-0.15, -0.1) is 0 Å². The lowest BCUT2D eigenvalue weighted by atomic mass is 9.98. The molecule has 0 unspecified atom stereocenters. The molecule has 0 bridgehead atoms. The number of aliphatic hydroxyl groups is 2. The van der Waals surface area contributed by atoms with Gasteiger partial charge in [-0.3, -0.25) is 0 Å². The van der Waals surface area contributed by atoms with Crippen LogP contribution in [0.25, 0.3) is 0 Å². The molecule has 88 valence electrons. The number of aliphatic hydroxyl groups excluding tert-OH is 2. The number of epoxide rings is 1. The van der Waals surface area contributed by atoms with E-state index in [0.717, 1.165) is 25.7 Å². The quantitative estimate of drug-likeness (QED) is 0.500. The molecule has 3 heteroatoms. The number of hydrogen-bond donors (Lipinski definition) is 2. The Hall–Kier alpha value is -0.380. The second kappa shape index (κ2) is 5.64. The predicted octanol–water partition coefficient (Wildman–Crippen LogP) is 1.63. The van der Waals surface area contributed by atoms with Gasteiger partial charge in [0.15, 0.2) is 0 Å². The van der Waals surface area contributed by atoms with Crippen LogP contribution >= 0.6 is 0 Å². The molecule has 1 rings (SSSR count). The molecule has 0 aromatic rings. The lowest BCUT2D eigenvalue weighted by Crippen LogP contribution is -2.09. The van der Waals surface area contributed by atoms with Crippen molar-refractivity contribution in [2.24, 2.45) is 0 Å². The molecule has 1 saturated heterocycles. The van der Waals surface area contributed by atoms with Crippen LogP contribution in [0.3, 0.4) is 0 Å². The van der Waals surface area contributed by atoms with Crippen LogP contribution in [0.2, 0.25) is 0 Å². The zero-order chi connectivity index (χ0) is 11.3. The van der Waals surface area contributed by atoms with Crippen molar-refractivity contribution in [1.82, 2.24) is 0 Å². The highest BCUT2D eigenvalue weighted by atomic mass is 16.6. The predicted molar refractivity (Wildman–Crippen MR) is 59.7 cm³/mol. The van der Waals surface area contributed by atoms with Crippen molar-refractivity contribution in [2.45, 2.75) is 57.3 Å². The van der Waals surface area contributed by atoms with Crippen LogP contribution in [0.1, 0.15) is 39.5 Å². The van der Waals surface area contributed by atoms with Gasteiger partial charge in [-0.05, 0) is 39.5 Å². The summed E-state index contributed by atoms with van der Waals surface area (Å²) in [6.07, 6.45) is 7.47. The van der Waals surface area contributed by atoms with Crippen molar-refractivity contribution in [3.8, 4) is 0 Å². The first-order chi connectivity index (χ1) is 7.08. The van der Waals surface area contributed by atoms with Gasteiger partial charge >= 0.3 is 0 Å². The Morgan fingerprint density at radius 2 is 2.27 bits per heavy atom. The third-order valence-electron chi connectivity index (χ3n) is 2.88. The topological polar surface area (TPSA) is 53.0 Å². The molecule has 1 aliphatic rings. The van der Waals surface area contributed by atoms with E-state index in [4.69, 9.17) is 14.9 Å². The fraction of sp³-hybridized carbons (Fsp3) is 0.833. The zero-order valence-electron chi connectivity index (χ0n) is 9.65. The van der Waals surface area contributed by atoms with Gasteiger partial charge in [0.2, 0.25) is 0 Å². The maximum atomic E-state index is 9.02. The fourth-order valence-electron chi connectivity index (χ4n) is 1.81. The highest BCUT2D eigenvalue weighted by Gasteiger charge is 2.50. The Bertz CT molecular complexity index is 213. The van der Waals surface area contributed by atoms with Gasteiger partial charge in [0.1, 0.15) is 0 Å². The van der Waals surface area contributed by atoms with Crippen molar-refractivity contribution in [3.63, 3.8) is 0 Å². The van der Waals surface area contributed by atoms with Crippen LogP contribution in [0, 0.1) is 0 Å². The summed E-state index contributed by atoms with van der Waals surface area (Å²) >= 11 is 0. The Kier molecular flexibility index (Phi) is 4.77. The van der Waals surface area contributed by atoms with Crippen molar-refractivity contribution in [2.75, 3.05) is 6.61 Å². The Labute approximate surface area is 91.8 Å². The summed E-state index contributed by atoms with van der Waals surface area (Å²) in [7, 11) is 0. The first-order valence-corrected chi connectivity index (χ1v) is 5.72. The highest BCUT2D eigenvalue weighted by Crippen LogP contribution is 2.42. The summed E-state index contributed by atoms with van der Waals surface area (Å²) < 4.78 is 5.61. The molecule has 0 spiro atoms. The average molecular weight is 214 g/mol. The van der Waals surface area contributed by atoms with Crippen molar-refractivity contribution >= 4 is 0 Å². The molecule has 0 amide bonds. The molecule has 0 aliphatic carbocycles. The SMILES string of the molecule is C[C@H](O)/C=C/CC[C@]1(C)O[C@H]1CCCO. The number of allylic oxidation sites excluding steroid dienone is 1. The van der Waals surface area contributed by atoms with E-state index >= 15 is 0 Å². The first kappa shape index (κ1) is 12.7. The summed E-state index contributed by atoms with van der Waals surface area (Å²) in [4.78, 5) is 0. The maximum Gasteiger partial charge on any atom is 0.0923 e. The minimum atomic E-state index is -0.358. The van der Waals surface area contributed by atoms with Gasteiger partial charge in [0.05, 0.1) is 17.8 Å². The van der Waals surface area contributed by atoms with E-state index in [1.54, 1.807) is 13.0 Å². The summed E-state index contributed by atoms with van der Waals surface area (Å²) in [5.74, 6) is 0. The molecular formula is C12H22O3. The zero-order valence-corrected chi connectivity index (χ0v) is 9.65. The largest absolute Gasteiger partial charge is 0.396 e. The van der Waals surface area contributed by atoms with Crippen LogP contribution < -0.4 is 0 Å². The second-order valence-corrected chi connectivity index (χ2v) is 4.49. The van der Waals surface area contributed by atoms with Crippen LogP contribution in [0.5, 0.6) is 0 Å². The molecule has 0 saturated carbocycles. The fourth-order valence-corrected chi connectivity index (χ4v) is 1.81. The number of hydrogen-bond acceptors (Lipinski definition) is 3. The van der Waals surface area contributed by atoms with Crippen LogP contribution in [-0.4, -0.2) is 34.6 Å². The van der Waals surface area contributed by atoms with E-state index in [1.807, 2.05) is 6.08 Å². The standard InChI is InChI=1S/C12H22O3/c1-10(14)6-3-4-8-12(2)11(15-12)7-5-9-13/h3,6,10-11,13-14H,4-5,7-9H2,1-2H3/b6-3+/t10-,11-,12-/m0/s1. The van der Waals surface area contributed by atoms with Crippen molar-refractivity contribution in [1.29, 1.82) is 0 Å². The van der Waals surface area contributed by atoms with E-state index in [0.29, 0.717) is 6.10 Å². The maximum absolute atomic E-state index is 9.02. The van der Waals surface area contributed by atoms with E-state index < -0.39 is 0 Å². The summed E-state index contributed by atoms with van der Waals surface area (Å²) in [5, 5.41) is 17.7. The van der Waals surface area contributed by atoms with Gasteiger partial charge in [0, 0.05) is 6.61 Å². The minimum Gasteiger partial charge on any atom is -0.396 e.